The van der Waals surface area contributed by atoms with Crippen LogP contribution in [-0.2, 0) is 0 Å². The second-order valence-corrected chi connectivity index (χ2v) is 13.9. The van der Waals surface area contributed by atoms with Crippen LogP contribution in [0.1, 0.15) is 0 Å². The zero-order valence-electron chi connectivity index (χ0n) is 26.8. The van der Waals surface area contributed by atoms with Gasteiger partial charge in [0.15, 0.2) is 5.82 Å². The highest BCUT2D eigenvalue weighted by molar-refractivity contribution is 7.27. The lowest BCUT2D eigenvalue weighted by atomic mass is 9.95. The predicted molar refractivity (Wildman–Crippen MR) is 213 cm³/mol. The highest BCUT2D eigenvalue weighted by Gasteiger charge is 2.26. The SMILES string of the molecule is c1ccc(-c2cc(-n3c4c5ccccc5c5ccccc5c4c4c5sc6ccccc6c5c5ccccc5c43)nc(-c3ccccc3)n2)cc1. The van der Waals surface area contributed by atoms with Crippen molar-refractivity contribution in [2.75, 3.05) is 0 Å². The summed E-state index contributed by atoms with van der Waals surface area (Å²) in [5, 5.41) is 12.6. The summed E-state index contributed by atoms with van der Waals surface area (Å²) in [5.41, 5.74) is 5.27. The summed E-state index contributed by atoms with van der Waals surface area (Å²) >= 11 is 1.90. The molecule has 0 saturated heterocycles. The Morgan fingerprint density at radius 1 is 0.400 bits per heavy atom. The van der Waals surface area contributed by atoms with Crippen molar-refractivity contribution in [3.05, 3.63) is 164 Å². The van der Waals surface area contributed by atoms with E-state index >= 15 is 0 Å². The van der Waals surface area contributed by atoms with Gasteiger partial charge in [-0.3, -0.25) is 4.57 Å². The topological polar surface area (TPSA) is 30.7 Å². The first-order chi connectivity index (χ1) is 24.8. The van der Waals surface area contributed by atoms with Crippen molar-refractivity contribution < 1.29 is 0 Å². The van der Waals surface area contributed by atoms with E-state index in [4.69, 9.17) is 9.97 Å². The number of hydrogen-bond acceptors (Lipinski definition) is 3. The summed E-state index contributed by atoms with van der Waals surface area (Å²) in [6.45, 7) is 0. The maximum absolute atomic E-state index is 5.44. The van der Waals surface area contributed by atoms with Crippen LogP contribution in [0.15, 0.2) is 164 Å². The minimum absolute atomic E-state index is 0.703. The Bertz CT molecular complexity index is 3080. The van der Waals surface area contributed by atoms with Gasteiger partial charge in [-0.05, 0) is 27.6 Å². The van der Waals surface area contributed by atoms with Crippen LogP contribution in [0.4, 0.5) is 0 Å². The van der Waals surface area contributed by atoms with Gasteiger partial charge in [-0.25, -0.2) is 9.97 Å². The van der Waals surface area contributed by atoms with E-state index in [2.05, 4.69) is 162 Å². The molecule has 0 fully saturated rings. The first kappa shape index (κ1) is 27.6. The van der Waals surface area contributed by atoms with Crippen molar-refractivity contribution in [2.24, 2.45) is 0 Å². The van der Waals surface area contributed by atoms with Crippen LogP contribution in [0.2, 0.25) is 0 Å². The molecule has 3 heterocycles. The second-order valence-electron chi connectivity index (χ2n) is 12.9. The molecule has 11 rings (SSSR count). The molecule has 0 aliphatic heterocycles. The van der Waals surface area contributed by atoms with Gasteiger partial charge in [-0.1, -0.05) is 152 Å². The molecule has 0 saturated carbocycles. The number of benzene rings is 8. The summed E-state index contributed by atoms with van der Waals surface area (Å²) in [6, 6.07) is 58.5. The number of hydrogen-bond donors (Lipinski definition) is 0. The minimum atomic E-state index is 0.703. The van der Waals surface area contributed by atoms with Crippen molar-refractivity contribution in [2.45, 2.75) is 0 Å². The van der Waals surface area contributed by atoms with Crippen molar-refractivity contribution in [1.29, 1.82) is 0 Å². The van der Waals surface area contributed by atoms with Gasteiger partial charge in [0.05, 0.1) is 16.7 Å². The third-order valence-corrected chi connectivity index (χ3v) is 11.3. The first-order valence-electron chi connectivity index (χ1n) is 16.9. The second kappa shape index (κ2) is 10.6. The van der Waals surface area contributed by atoms with E-state index in [1.807, 2.05) is 17.4 Å². The lowest BCUT2D eigenvalue weighted by Crippen LogP contribution is -2.03. The fourth-order valence-corrected chi connectivity index (χ4v) is 9.34. The molecule has 0 aliphatic rings. The number of thiophene rings is 1. The van der Waals surface area contributed by atoms with E-state index in [9.17, 15) is 0 Å². The summed E-state index contributed by atoms with van der Waals surface area (Å²) < 4.78 is 5.06. The fraction of sp³-hybridized carbons (Fsp3) is 0. The molecule has 0 amide bonds. The molecule has 8 aromatic carbocycles. The van der Waals surface area contributed by atoms with Crippen molar-refractivity contribution in [3.63, 3.8) is 0 Å². The molecule has 50 heavy (non-hydrogen) atoms. The quantitative estimate of drug-likeness (QED) is 0.178. The maximum atomic E-state index is 5.44. The molecule has 3 aromatic heterocycles. The number of rotatable bonds is 3. The summed E-state index contributed by atoms with van der Waals surface area (Å²) in [4.78, 5) is 10.6. The molecule has 0 radical (unpaired) electrons. The van der Waals surface area contributed by atoms with Crippen LogP contribution in [0.5, 0.6) is 0 Å². The highest BCUT2D eigenvalue weighted by Crippen LogP contribution is 2.51. The van der Waals surface area contributed by atoms with Crippen LogP contribution in [0, 0.1) is 0 Å². The van der Waals surface area contributed by atoms with E-state index < -0.39 is 0 Å². The standard InChI is InChI=1S/C46H27N3S/c1-3-15-28(16-4-1)37-27-39(48-46(47-37)29-17-5-2-6-18-29)49-43-34-23-11-8-20-31(34)30-19-7-9-21-32(30)41(43)42-44(49)35-24-12-10-22-33(35)40-36-25-13-14-26-38(36)50-45(40)42/h1-27H. The van der Waals surface area contributed by atoms with Crippen LogP contribution in [0.25, 0.3) is 103 Å². The molecule has 3 nitrogen and oxygen atoms in total. The van der Waals surface area contributed by atoms with Gasteiger partial charge < -0.3 is 0 Å². The van der Waals surface area contributed by atoms with Gasteiger partial charge in [0.2, 0.25) is 0 Å². The van der Waals surface area contributed by atoms with Crippen molar-refractivity contribution in [3.8, 4) is 28.5 Å². The van der Waals surface area contributed by atoms with Crippen LogP contribution in [0.3, 0.4) is 0 Å². The average molecular weight is 654 g/mol. The summed E-state index contributed by atoms with van der Waals surface area (Å²) in [5.74, 6) is 1.55. The van der Waals surface area contributed by atoms with Gasteiger partial charge in [0.25, 0.3) is 0 Å². The molecule has 4 heteroatoms. The van der Waals surface area contributed by atoms with E-state index in [-0.39, 0.29) is 0 Å². The first-order valence-corrected chi connectivity index (χ1v) is 17.7. The van der Waals surface area contributed by atoms with E-state index in [0.717, 1.165) is 22.6 Å². The largest absolute Gasteiger partial charge is 0.292 e. The highest BCUT2D eigenvalue weighted by atomic mass is 32.1. The molecule has 0 spiro atoms. The molecular weight excluding hydrogens is 627 g/mol. The summed E-state index contributed by atoms with van der Waals surface area (Å²) in [6.07, 6.45) is 0. The van der Waals surface area contributed by atoms with Gasteiger partial charge in [0, 0.05) is 58.9 Å². The third-order valence-electron chi connectivity index (χ3n) is 10.2. The Hall–Kier alpha value is -6.36. The van der Waals surface area contributed by atoms with Crippen LogP contribution >= 0.6 is 11.3 Å². The lowest BCUT2D eigenvalue weighted by molar-refractivity contribution is 1.05. The molecule has 11 aromatic rings. The lowest BCUT2D eigenvalue weighted by Gasteiger charge is -2.15. The number of nitrogens with zero attached hydrogens (tertiary/aromatic N) is 3. The molecule has 0 bridgehead atoms. The Balaban J connectivity index is 1.45. The Kier molecular flexibility index (Phi) is 5.83. The molecule has 232 valence electrons. The molecule has 0 aliphatic carbocycles. The van der Waals surface area contributed by atoms with Crippen molar-refractivity contribution >= 4 is 85.6 Å². The fourth-order valence-electron chi connectivity index (χ4n) is 8.07. The van der Waals surface area contributed by atoms with Gasteiger partial charge in [-0.2, -0.15) is 0 Å². The zero-order valence-corrected chi connectivity index (χ0v) is 27.7. The number of fused-ring (bicyclic) bond motifs is 15. The average Bonchev–Trinajstić information content (AvgIpc) is 3.76. The molecule has 0 unspecified atom stereocenters. The molecular formula is C46H27N3S. The summed E-state index contributed by atoms with van der Waals surface area (Å²) in [7, 11) is 0. The molecule has 0 N–H and O–H groups in total. The third kappa shape index (κ3) is 3.85. The van der Waals surface area contributed by atoms with Crippen molar-refractivity contribution in [1.82, 2.24) is 14.5 Å². The van der Waals surface area contributed by atoms with Crippen LogP contribution < -0.4 is 0 Å². The monoisotopic (exact) mass is 653 g/mol. The zero-order chi connectivity index (χ0) is 32.8. The van der Waals surface area contributed by atoms with Crippen LogP contribution in [-0.4, -0.2) is 14.5 Å². The Morgan fingerprint density at radius 2 is 0.900 bits per heavy atom. The van der Waals surface area contributed by atoms with Gasteiger partial charge in [-0.15, -0.1) is 11.3 Å². The molecule has 0 atom stereocenters. The van der Waals surface area contributed by atoms with E-state index in [0.29, 0.717) is 5.82 Å². The Morgan fingerprint density at radius 3 is 1.60 bits per heavy atom. The predicted octanol–water partition coefficient (Wildman–Crippen LogP) is 12.7. The van der Waals surface area contributed by atoms with E-state index in [1.165, 1.54) is 74.3 Å². The smallest absolute Gasteiger partial charge is 0.162 e. The normalized spacial score (nSPS) is 12.0. The van der Waals surface area contributed by atoms with Gasteiger partial charge >= 0.3 is 0 Å². The minimum Gasteiger partial charge on any atom is -0.292 e. The van der Waals surface area contributed by atoms with Gasteiger partial charge in [0.1, 0.15) is 5.82 Å². The number of aromatic nitrogens is 3. The van der Waals surface area contributed by atoms with E-state index in [1.54, 1.807) is 0 Å². The Labute approximate surface area is 291 Å². The maximum Gasteiger partial charge on any atom is 0.162 e.